The van der Waals surface area contributed by atoms with Gasteiger partial charge in [-0.1, -0.05) is 26.0 Å². The molecule has 0 aliphatic carbocycles. The molecule has 0 aliphatic rings. The molecule has 0 spiro atoms. The molecule has 4 heteroatoms. The van der Waals surface area contributed by atoms with Crippen molar-refractivity contribution in [2.24, 2.45) is 5.73 Å². The Morgan fingerprint density at radius 3 is 2.76 bits per heavy atom. The minimum Gasteiger partial charge on any atom is -0.480 e. The van der Waals surface area contributed by atoms with Crippen molar-refractivity contribution < 1.29 is 9.90 Å². The quantitative estimate of drug-likeness (QED) is 0.755. The molecule has 0 saturated carbocycles. The molecule has 4 nitrogen and oxygen atoms in total. The molecule has 1 unspecified atom stereocenters. The second kappa shape index (κ2) is 3.89. The Balaban J connectivity index is 2.47. The number of benzene rings is 1. The fourth-order valence-corrected chi connectivity index (χ4v) is 1.94. The molecule has 0 saturated heterocycles. The summed E-state index contributed by atoms with van der Waals surface area (Å²) in [6.45, 7) is 3.69. The number of aliphatic carboxylic acids is 1. The summed E-state index contributed by atoms with van der Waals surface area (Å²) in [4.78, 5) is 14.1. The minimum atomic E-state index is -0.985. The molecular weight excluding hydrogens is 216 g/mol. The third kappa shape index (κ3) is 1.91. The number of carboxylic acids is 1. The summed E-state index contributed by atoms with van der Waals surface area (Å²) in [6, 6.07) is 6.91. The van der Waals surface area contributed by atoms with E-state index < -0.39 is 17.4 Å². The number of hydrogen-bond acceptors (Lipinski definition) is 2. The van der Waals surface area contributed by atoms with E-state index in [4.69, 9.17) is 10.8 Å². The zero-order valence-electron chi connectivity index (χ0n) is 9.90. The Hall–Kier alpha value is -1.81. The molecule has 4 N–H and O–H groups in total. The van der Waals surface area contributed by atoms with E-state index in [0.29, 0.717) is 0 Å². The maximum Gasteiger partial charge on any atom is 0.321 e. The largest absolute Gasteiger partial charge is 0.480 e. The van der Waals surface area contributed by atoms with Gasteiger partial charge in [-0.3, -0.25) is 4.79 Å². The van der Waals surface area contributed by atoms with Crippen molar-refractivity contribution in [2.75, 3.05) is 0 Å². The summed E-state index contributed by atoms with van der Waals surface area (Å²) >= 11 is 0. The Bertz CT molecular complexity index is 557. The smallest absolute Gasteiger partial charge is 0.321 e. The molecule has 1 atom stereocenters. The maximum absolute atomic E-state index is 11.0. The first-order valence-electron chi connectivity index (χ1n) is 5.49. The highest BCUT2D eigenvalue weighted by Gasteiger charge is 2.33. The molecular formula is C13H16N2O2. The lowest BCUT2D eigenvalue weighted by atomic mass is 9.78. The van der Waals surface area contributed by atoms with Crippen LogP contribution in [0.3, 0.4) is 0 Å². The summed E-state index contributed by atoms with van der Waals surface area (Å²) in [5.74, 6) is -0.985. The monoisotopic (exact) mass is 232 g/mol. The average Bonchev–Trinajstić information content (AvgIpc) is 2.74. The summed E-state index contributed by atoms with van der Waals surface area (Å²) in [5.41, 5.74) is 7.04. The predicted molar refractivity (Wildman–Crippen MR) is 66.9 cm³/mol. The molecule has 1 aromatic heterocycles. The van der Waals surface area contributed by atoms with Crippen molar-refractivity contribution in [3.63, 3.8) is 0 Å². The minimum absolute atomic E-state index is 0.606. The Kier molecular flexibility index (Phi) is 2.67. The maximum atomic E-state index is 11.0. The fraction of sp³-hybridized carbons (Fsp3) is 0.308. The van der Waals surface area contributed by atoms with Crippen LogP contribution in [0.2, 0.25) is 0 Å². The highest BCUT2D eigenvalue weighted by atomic mass is 16.4. The van der Waals surface area contributed by atoms with Crippen molar-refractivity contribution in [1.29, 1.82) is 0 Å². The van der Waals surface area contributed by atoms with E-state index in [-0.39, 0.29) is 0 Å². The Labute approximate surface area is 99.4 Å². The number of nitrogens with one attached hydrogen (secondary N) is 1. The number of carbonyl (C=O) groups is 1. The summed E-state index contributed by atoms with van der Waals surface area (Å²) in [6.07, 6.45) is 1.86. The van der Waals surface area contributed by atoms with E-state index in [1.54, 1.807) is 0 Å². The second-order valence-corrected chi connectivity index (χ2v) is 4.82. The molecule has 2 aromatic rings. The number of nitrogens with two attached hydrogens (primary N) is 1. The van der Waals surface area contributed by atoms with Gasteiger partial charge in [-0.2, -0.15) is 0 Å². The zero-order valence-corrected chi connectivity index (χ0v) is 9.90. The van der Waals surface area contributed by atoms with Gasteiger partial charge < -0.3 is 15.8 Å². The molecule has 0 aliphatic heterocycles. The van der Waals surface area contributed by atoms with Crippen LogP contribution in [-0.4, -0.2) is 22.1 Å². The predicted octanol–water partition coefficient (Wildman–Crippen LogP) is 1.86. The van der Waals surface area contributed by atoms with Gasteiger partial charge in [-0.15, -0.1) is 0 Å². The molecule has 0 bridgehead atoms. The van der Waals surface area contributed by atoms with Crippen molar-refractivity contribution in [3.05, 3.63) is 36.0 Å². The lowest BCUT2D eigenvalue weighted by Gasteiger charge is -2.29. The van der Waals surface area contributed by atoms with Crippen molar-refractivity contribution >= 4 is 16.9 Å². The van der Waals surface area contributed by atoms with Crippen LogP contribution >= 0.6 is 0 Å². The molecule has 1 heterocycles. The van der Waals surface area contributed by atoms with E-state index in [1.807, 2.05) is 44.3 Å². The van der Waals surface area contributed by atoms with E-state index in [0.717, 1.165) is 16.5 Å². The van der Waals surface area contributed by atoms with Crippen LogP contribution in [0.15, 0.2) is 30.5 Å². The summed E-state index contributed by atoms with van der Waals surface area (Å²) in [5, 5.41) is 10.1. The summed E-state index contributed by atoms with van der Waals surface area (Å²) in [7, 11) is 0. The van der Waals surface area contributed by atoms with E-state index in [9.17, 15) is 4.79 Å². The van der Waals surface area contributed by atoms with Crippen LogP contribution in [0.5, 0.6) is 0 Å². The third-order valence-corrected chi connectivity index (χ3v) is 3.34. The SMILES string of the molecule is CC(C)(c1ccc2cc[nH]c2c1)C(N)C(=O)O. The number of carboxylic acid groups (broad SMARTS) is 1. The first kappa shape index (κ1) is 11.7. The van der Waals surface area contributed by atoms with Crippen molar-refractivity contribution in [2.45, 2.75) is 25.3 Å². The molecule has 0 radical (unpaired) electrons. The van der Waals surface area contributed by atoms with Crippen molar-refractivity contribution in [1.82, 2.24) is 4.98 Å². The van der Waals surface area contributed by atoms with Crippen LogP contribution in [-0.2, 0) is 10.2 Å². The number of H-pyrrole nitrogens is 1. The standard InChI is InChI=1S/C13H16N2O2/c1-13(2,11(14)12(16)17)9-4-3-8-5-6-15-10(8)7-9/h3-7,11,15H,14H2,1-2H3,(H,16,17). The molecule has 2 rings (SSSR count). The number of hydrogen-bond donors (Lipinski definition) is 3. The van der Waals surface area contributed by atoms with Crippen LogP contribution in [0.1, 0.15) is 19.4 Å². The van der Waals surface area contributed by atoms with Gasteiger partial charge in [0.05, 0.1) is 0 Å². The molecule has 0 amide bonds. The van der Waals surface area contributed by atoms with Crippen LogP contribution < -0.4 is 5.73 Å². The van der Waals surface area contributed by atoms with Crippen molar-refractivity contribution in [3.8, 4) is 0 Å². The van der Waals surface area contributed by atoms with Crippen LogP contribution in [0, 0.1) is 0 Å². The highest BCUT2D eigenvalue weighted by molar-refractivity contribution is 5.81. The van der Waals surface area contributed by atoms with Crippen LogP contribution in [0.25, 0.3) is 10.9 Å². The van der Waals surface area contributed by atoms with Gasteiger partial charge in [-0.05, 0) is 23.1 Å². The number of aromatic amines is 1. The second-order valence-electron chi connectivity index (χ2n) is 4.82. The zero-order chi connectivity index (χ0) is 12.6. The lowest BCUT2D eigenvalue weighted by molar-refractivity contribution is -0.140. The first-order valence-corrected chi connectivity index (χ1v) is 5.49. The molecule has 17 heavy (non-hydrogen) atoms. The Morgan fingerprint density at radius 2 is 2.12 bits per heavy atom. The number of rotatable bonds is 3. The van der Waals surface area contributed by atoms with E-state index >= 15 is 0 Å². The first-order chi connectivity index (χ1) is 7.93. The van der Waals surface area contributed by atoms with Gasteiger partial charge >= 0.3 is 5.97 Å². The summed E-state index contributed by atoms with van der Waals surface area (Å²) < 4.78 is 0. The topological polar surface area (TPSA) is 79.1 Å². The van der Waals surface area contributed by atoms with Gasteiger partial charge in [-0.25, -0.2) is 0 Å². The third-order valence-electron chi connectivity index (χ3n) is 3.34. The van der Waals surface area contributed by atoms with E-state index in [2.05, 4.69) is 4.98 Å². The van der Waals surface area contributed by atoms with Crippen LogP contribution in [0.4, 0.5) is 0 Å². The number of fused-ring (bicyclic) bond motifs is 1. The Morgan fingerprint density at radius 1 is 1.41 bits per heavy atom. The molecule has 90 valence electrons. The van der Waals surface area contributed by atoms with Gasteiger partial charge in [0.2, 0.25) is 0 Å². The fourth-order valence-electron chi connectivity index (χ4n) is 1.94. The molecule has 0 fully saturated rings. The van der Waals surface area contributed by atoms with Gasteiger partial charge in [0, 0.05) is 17.1 Å². The van der Waals surface area contributed by atoms with E-state index in [1.165, 1.54) is 0 Å². The normalized spacial score (nSPS) is 13.8. The average molecular weight is 232 g/mol. The highest BCUT2D eigenvalue weighted by Crippen LogP contribution is 2.28. The van der Waals surface area contributed by atoms with Gasteiger partial charge in [0.15, 0.2) is 0 Å². The number of aromatic nitrogens is 1. The lowest BCUT2D eigenvalue weighted by Crippen LogP contribution is -2.46. The molecule has 1 aromatic carbocycles. The van der Waals surface area contributed by atoms with Gasteiger partial charge in [0.1, 0.15) is 6.04 Å². The van der Waals surface area contributed by atoms with Gasteiger partial charge in [0.25, 0.3) is 0 Å².